The zero-order chi connectivity index (χ0) is 20.9. The van der Waals surface area contributed by atoms with Gasteiger partial charge < -0.3 is 10.2 Å². The third-order valence-corrected chi connectivity index (χ3v) is 5.70. The second kappa shape index (κ2) is 9.21. The van der Waals surface area contributed by atoms with Crippen LogP contribution in [0.2, 0.25) is 0 Å². The summed E-state index contributed by atoms with van der Waals surface area (Å²) in [5.74, 6) is -0.214. The molecule has 2 aromatic carbocycles. The second-order valence-corrected chi connectivity index (χ2v) is 7.77. The fraction of sp³-hybridized carbons (Fsp3) is 0.417. The van der Waals surface area contributed by atoms with Crippen LogP contribution in [0.25, 0.3) is 11.1 Å². The average molecular weight is 397 g/mol. The summed E-state index contributed by atoms with van der Waals surface area (Å²) < 4.78 is 14.5. The third kappa shape index (κ3) is 4.50. The number of carbonyl (C=O) groups is 2. The summed E-state index contributed by atoms with van der Waals surface area (Å²) in [4.78, 5) is 27.3. The molecular weight excluding hydrogens is 367 g/mol. The molecule has 0 radical (unpaired) electrons. The van der Waals surface area contributed by atoms with Crippen molar-refractivity contribution in [3.63, 3.8) is 0 Å². The quantitative estimate of drug-likeness (QED) is 0.763. The van der Waals surface area contributed by atoms with Gasteiger partial charge >= 0.3 is 0 Å². The van der Waals surface area contributed by atoms with Crippen molar-refractivity contribution < 1.29 is 14.0 Å². The van der Waals surface area contributed by atoms with Crippen LogP contribution in [0, 0.1) is 11.2 Å². The largest absolute Gasteiger partial charge is 0.356 e. The molecule has 3 rings (SSSR count). The molecule has 1 aliphatic heterocycles. The highest BCUT2D eigenvalue weighted by molar-refractivity contribution is 5.86. The lowest BCUT2D eigenvalue weighted by atomic mass is 9.78. The third-order valence-electron chi connectivity index (χ3n) is 5.70. The van der Waals surface area contributed by atoms with Crippen molar-refractivity contribution in [3.05, 3.63) is 59.9 Å². The molecule has 29 heavy (non-hydrogen) atoms. The van der Waals surface area contributed by atoms with E-state index in [0.29, 0.717) is 44.5 Å². The van der Waals surface area contributed by atoms with Crippen LogP contribution in [0.1, 0.15) is 38.7 Å². The Morgan fingerprint density at radius 3 is 2.45 bits per heavy atom. The Morgan fingerprint density at radius 1 is 1.07 bits per heavy atom. The van der Waals surface area contributed by atoms with Gasteiger partial charge in [0.15, 0.2) is 0 Å². The van der Waals surface area contributed by atoms with Crippen molar-refractivity contribution in [1.29, 1.82) is 0 Å². The van der Waals surface area contributed by atoms with Crippen molar-refractivity contribution in [2.75, 3.05) is 19.6 Å². The van der Waals surface area contributed by atoms with E-state index >= 15 is 0 Å². The van der Waals surface area contributed by atoms with Crippen LogP contribution >= 0.6 is 0 Å². The minimum absolute atomic E-state index is 0.0323. The van der Waals surface area contributed by atoms with Crippen LogP contribution < -0.4 is 5.32 Å². The minimum atomic E-state index is -0.694. The van der Waals surface area contributed by atoms with Crippen LogP contribution in [0.5, 0.6) is 0 Å². The number of likely N-dealkylation sites (tertiary alicyclic amines) is 1. The lowest BCUT2D eigenvalue weighted by Crippen LogP contribution is -2.45. The highest BCUT2D eigenvalue weighted by Gasteiger charge is 2.45. The maximum atomic E-state index is 14.5. The van der Waals surface area contributed by atoms with Crippen LogP contribution in [-0.2, 0) is 16.0 Å². The number of rotatable bonds is 7. The summed E-state index contributed by atoms with van der Waals surface area (Å²) in [5.41, 5.74) is 1.56. The van der Waals surface area contributed by atoms with Gasteiger partial charge in [0.05, 0.1) is 5.41 Å². The van der Waals surface area contributed by atoms with Crippen LogP contribution in [0.4, 0.5) is 4.39 Å². The number of carbonyl (C=O) groups excluding carboxylic acids is 2. The van der Waals surface area contributed by atoms with Crippen LogP contribution in [0.15, 0.2) is 48.5 Å². The Morgan fingerprint density at radius 2 is 1.76 bits per heavy atom. The Labute approximate surface area is 172 Å². The number of nitrogens with one attached hydrogen (secondary N) is 1. The fourth-order valence-corrected chi connectivity index (χ4v) is 4.20. The van der Waals surface area contributed by atoms with Crippen LogP contribution in [-0.4, -0.2) is 36.3 Å². The predicted molar refractivity (Wildman–Crippen MR) is 113 cm³/mol. The number of hydrogen-bond acceptors (Lipinski definition) is 2. The Hall–Kier alpha value is -2.69. The van der Waals surface area contributed by atoms with E-state index < -0.39 is 5.41 Å². The monoisotopic (exact) mass is 396 g/mol. The van der Waals surface area contributed by atoms with Crippen molar-refractivity contribution in [1.82, 2.24) is 10.2 Å². The molecule has 0 bridgehead atoms. The van der Waals surface area contributed by atoms with Gasteiger partial charge in [-0.15, -0.1) is 0 Å². The Balaban J connectivity index is 1.96. The molecule has 5 heteroatoms. The first kappa shape index (κ1) is 21.0. The smallest absolute Gasteiger partial charge is 0.228 e. The highest BCUT2D eigenvalue weighted by atomic mass is 19.1. The molecule has 154 valence electrons. The molecule has 1 N–H and O–H groups in total. The summed E-state index contributed by atoms with van der Waals surface area (Å²) in [6.07, 6.45) is 2.37. The first-order valence-electron chi connectivity index (χ1n) is 10.4. The normalized spacial score (nSPS) is 18.7. The van der Waals surface area contributed by atoms with Crippen molar-refractivity contribution in [2.24, 2.45) is 5.41 Å². The van der Waals surface area contributed by atoms with Gasteiger partial charge in [0.1, 0.15) is 5.82 Å². The molecule has 1 unspecified atom stereocenters. The topological polar surface area (TPSA) is 49.4 Å². The zero-order valence-corrected chi connectivity index (χ0v) is 17.2. The van der Waals surface area contributed by atoms with Crippen molar-refractivity contribution in [2.45, 2.75) is 39.5 Å². The molecule has 1 saturated heterocycles. The van der Waals surface area contributed by atoms with E-state index in [2.05, 4.69) is 5.32 Å². The van der Waals surface area contributed by atoms with Crippen molar-refractivity contribution >= 4 is 11.8 Å². The summed E-state index contributed by atoms with van der Waals surface area (Å²) in [6.45, 7) is 5.41. The summed E-state index contributed by atoms with van der Waals surface area (Å²) in [7, 11) is 0. The van der Waals surface area contributed by atoms with Gasteiger partial charge in [0.2, 0.25) is 11.8 Å². The molecule has 4 nitrogen and oxygen atoms in total. The summed E-state index contributed by atoms with van der Waals surface area (Å²) >= 11 is 0. The average Bonchev–Trinajstić information content (AvgIpc) is 3.15. The minimum Gasteiger partial charge on any atom is -0.356 e. The highest BCUT2D eigenvalue weighted by Crippen LogP contribution is 2.38. The fourth-order valence-electron chi connectivity index (χ4n) is 4.20. The Bertz CT molecular complexity index is 883. The predicted octanol–water partition coefficient (Wildman–Crippen LogP) is 4.19. The lowest BCUT2D eigenvalue weighted by Gasteiger charge is -2.29. The molecule has 1 heterocycles. The molecule has 0 aliphatic carbocycles. The maximum absolute atomic E-state index is 14.5. The van der Waals surface area contributed by atoms with Gasteiger partial charge in [-0.05, 0) is 43.4 Å². The molecule has 1 fully saturated rings. The van der Waals surface area contributed by atoms with Crippen LogP contribution in [0.3, 0.4) is 0 Å². The van der Waals surface area contributed by atoms with E-state index in [0.717, 1.165) is 17.5 Å². The second-order valence-electron chi connectivity index (χ2n) is 7.77. The number of halogens is 1. The number of amides is 2. The van der Waals surface area contributed by atoms with Gasteiger partial charge in [0, 0.05) is 31.6 Å². The maximum Gasteiger partial charge on any atom is 0.228 e. The molecule has 1 atom stereocenters. The molecule has 2 amide bonds. The standard InChI is InChI=1S/C24H29FN2O2/c1-3-9-22(28)27-15-14-24(17-27,23(29)26-4-2)16-18-10-5-6-11-19(18)20-12-7-8-13-21(20)25/h5-8,10-13H,3-4,9,14-17H2,1-2H3,(H,26,29). The van der Waals surface area contributed by atoms with Crippen molar-refractivity contribution in [3.8, 4) is 11.1 Å². The number of benzene rings is 2. The van der Waals surface area contributed by atoms with Gasteiger partial charge in [-0.1, -0.05) is 49.4 Å². The van der Waals surface area contributed by atoms with E-state index in [-0.39, 0.29) is 17.6 Å². The van der Waals surface area contributed by atoms with E-state index in [9.17, 15) is 14.0 Å². The van der Waals surface area contributed by atoms with Gasteiger partial charge in [0.25, 0.3) is 0 Å². The molecule has 0 spiro atoms. The van der Waals surface area contributed by atoms with E-state index in [4.69, 9.17) is 0 Å². The molecular formula is C24H29FN2O2. The van der Waals surface area contributed by atoms with Gasteiger partial charge in [-0.25, -0.2) is 4.39 Å². The van der Waals surface area contributed by atoms with E-state index in [1.54, 1.807) is 12.1 Å². The van der Waals surface area contributed by atoms with E-state index in [1.807, 2.05) is 49.1 Å². The molecule has 1 aliphatic rings. The van der Waals surface area contributed by atoms with Gasteiger partial charge in [-0.2, -0.15) is 0 Å². The van der Waals surface area contributed by atoms with E-state index in [1.165, 1.54) is 6.07 Å². The first-order chi connectivity index (χ1) is 14.0. The summed E-state index contributed by atoms with van der Waals surface area (Å²) in [5, 5.41) is 2.96. The first-order valence-corrected chi connectivity index (χ1v) is 10.4. The Kier molecular flexibility index (Phi) is 6.68. The summed E-state index contributed by atoms with van der Waals surface area (Å²) in [6, 6.07) is 14.4. The number of hydrogen-bond donors (Lipinski definition) is 1. The SMILES string of the molecule is CCCC(=O)N1CCC(Cc2ccccc2-c2ccccc2F)(C(=O)NCC)C1. The number of nitrogens with zero attached hydrogens (tertiary/aromatic N) is 1. The molecule has 0 aromatic heterocycles. The molecule has 0 saturated carbocycles. The lowest BCUT2D eigenvalue weighted by molar-refractivity contribution is -0.133. The molecule has 2 aromatic rings. The zero-order valence-electron chi connectivity index (χ0n) is 17.2. The van der Waals surface area contributed by atoms with Gasteiger partial charge in [-0.3, -0.25) is 9.59 Å².